The molecule has 156 valence electrons. The Morgan fingerprint density at radius 2 is 1.90 bits per heavy atom. The highest BCUT2D eigenvalue weighted by atomic mass is 32.2. The third-order valence-electron chi connectivity index (χ3n) is 4.89. The first-order valence-corrected chi connectivity index (χ1v) is 10.6. The molecular formula is C20H19F2N5O2S. The van der Waals surface area contributed by atoms with Crippen molar-refractivity contribution in [3.8, 4) is 0 Å². The Balaban J connectivity index is 1.78. The lowest BCUT2D eigenvalue weighted by molar-refractivity contribution is 0.577. The normalized spacial score (nSPS) is 17.1. The molecule has 7 nitrogen and oxygen atoms in total. The number of benzene rings is 2. The quantitative estimate of drug-likeness (QED) is 0.665. The fourth-order valence-corrected chi connectivity index (χ4v) is 4.59. The van der Waals surface area contributed by atoms with Crippen molar-refractivity contribution in [1.29, 1.82) is 0 Å². The maximum atomic E-state index is 14.8. The minimum atomic E-state index is -3.98. The van der Waals surface area contributed by atoms with E-state index in [4.69, 9.17) is 0 Å². The van der Waals surface area contributed by atoms with Gasteiger partial charge in [0.2, 0.25) is 5.96 Å². The van der Waals surface area contributed by atoms with Gasteiger partial charge in [0, 0.05) is 24.7 Å². The number of nitrogens with zero attached hydrogens (tertiary/aromatic N) is 3. The first-order valence-electron chi connectivity index (χ1n) is 9.16. The first kappa shape index (κ1) is 20.0. The second kappa shape index (κ2) is 7.52. The third-order valence-corrected chi connectivity index (χ3v) is 6.27. The number of aliphatic imine (C=N–C) groups is 1. The van der Waals surface area contributed by atoms with Gasteiger partial charge in [-0.2, -0.15) is 5.10 Å². The van der Waals surface area contributed by atoms with Gasteiger partial charge in [0.1, 0.15) is 16.5 Å². The van der Waals surface area contributed by atoms with Gasteiger partial charge in [0.15, 0.2) is 0 Å². The molecule has 0 fully saturated rings. The molecule has 2 N–H and O–H groups in total. The van der Waals surface area contributed by atoms with Crippen LogP contribution in [0.25, 0.3) is 0 Å². The molecule has 2 heterocycles. The highest BCUT2D eigenvalue weighted by Crippen LogP contribution is 2.38. The Kier molecular flexibility index (Phi) is 5.02. The molecule has 1 aromatic heterocycles. The van der Waals surface area contributed by atoms with E-state index in [-0.39, 0.29) is 34.2 Å². The van der Waals surface area contributed by atoms with Crippen LogP contribution in [0.4, 0.5) is 14.5 Å². The van der Waals surface area contributed by atoms with Gasteiger partial charge in [0.25, 0.3) is 10.0 Å². The average Bonchev–Trinajstić information content (AvgIpc) is 3.11. The van der Waals surface area contributed by atoms with E-state index in [1.54, 1.807) is 43.0 Å². The molecule has 0 spiro atoms. The van der Waals surface area contributed by atoms with E-state index in [1.807, 2.05) is 0 Å². The Bertz CT molecular complexity index is 1250. The number of rotatable bonds is 4. The second-order valence-electron chi connectivity index (χ2n) is 6.95. The van der Waals surface area contributed by atoms with Crippen LogP contribution in [0.5, 0.6) is 0 Å². The van der Waals surface area contributed by atoms with E-state index in [0.29, 0.717) is 5.69 Å². The summed E-state index contributed by atoms with van der Waals surface area (Å²) in [5.41, 5.74) is 0.989. The molecule has 4 rings (SSSR count). The minimum Gasteiger partial charge on any atom is -0.324 e. The molecule has 0 radical (unpaired) electrons. The maximum absolute atomic E-state index is 14.8. The van der Waals surface area contributed by atoms with Crippen molar-refractivity contribution in [2.24, 2.45) is 12.0 Å². The zero-order valence-electron chi connectivity index (χ0n) is 16.2. The summed E-state index contributed by atoms with van der Waals surface area (Å²) in [6.07, 6.45) is 1.74. The van der Waals surface area contributed by atoms with Crippen molar-refractivity contribution < 1.29 is 17.2 Å². The zero-order valence-corrected chi connectivity index (χ0v) is 17.0. The van der Waals surface area contributed by atoms with Crippen LogP contribution in [-0.2, 0) is 23.6 Å². The molecular weight excluding hydrogens is 412 g/mol. The predicted octanol–water partition coefficient (Wildman–Crippen LogP) is 3.11. The van der Waals surface area contributed by atoms with Crippen LogP contribution in [0.2, 0.25) is 0 Å². The molecule has 30 heavy (non-hydrogen) atoms. The number of aryl methyl sites for hydroxylation is 1. The molecule has 1 aliphatic rings. The summed E-state index contributed by atoms with van der Waals surface area (Å²) in [4.78, 5) is 4.10. The topological polar surface area (TPSA) is 88.4 Å². The molecule has 0 bridgehead atoms. The number of hydrogen-bond acceptors (Lipinski definition) is 4. The monoisotopic (exact) mass is 431 g/mol. The summed E-state index contributed by atoms with van der Waals surface area (Å²) < 4.78 is 58.6. The van der Waals surface area contributed by atoms with Crippen LogP contribution in [-0.4, -0.2) is 24.2 Å². The second-order valence-corrected chi connectivity index (χ2v) is 8.60. The number of fused-ring (bicyclic) bond motifs is 1. The maximum Gasteiger partial charge on any atom is 0.266 e. The van der Waals surface area contributed by atoms with Crippen molar-refractivity contribution in [3.63, 3.8) is 0 Å². The summed E-state index contributed by atoms with van der Waals surface area (Å²) >= 11 is 0. The summed E-state index contributed by atoms with van der Waals surface area (Å²) in [7, 11) is -2.23. The van der Waals surface area contributed by atoms with E-state index in [0.717, 1.165) is 6.07 Å². The van der Waals surface area contributed by atoms with Crippen molar-refractivity contribution in [2.75, 3.05) is 5.32 Å². The van der Waals surface area contributed by atoms with Gasteiger partial charge in [-0.15, -0.1) is 0 Å². The fraction of sp³-hybridized carbons (Fsp3) is 0.200. The summed E-state index contributed by atoms with van der Waals surface area (Å²) in [6.45, 7) is 1.74. The highest BCUT2D eigenvalue weighted by molar-refractivity contribution is 7.90. The number of hydrogen-bond donors (Lipinski definition) is 2. The van der Waals surface area contributed by atoms with Gasteiger partial charge in [-0.25, -0.2) is 26.9 Å². The summed E-state index contributed by atoms with van der Waals surface area (Å²) in [6, 6.07) is 10.0. The van der Waals surface area contributed by atoms with E-state index >= 15 is 0 Å². The molecule has 0 aliphatic carbocycles. The lowest BCUT2D eigenvalue weighted by Gasteiger charge is -2.26. The van der Waals surface area contributed by atoms with E-state index in [1.165, 1.54) is 18.2 Å². The van der Waals surface area contributed by atoms with Crippen LogP contribution in [0, 0.1) is 11.6 Å². The lowest BCUT2D eigenvalue weighted by atomic mass is 9.91. The minimum absolute atomic E-state index is 0.0456. The molecule has 10 heteroatoms. The highest BCUT2D eigenvalue weighted by Gasteiger charge is 2.32. The Morgan fingerprint density at radius 3 is 2.60 bits per heavy atom. The first-order chi connectivity index (χ1) is 14.3. The van der Waals surface area contributed by atoms with Gasteiger partial charge in [-0.3, -0.25) is 4.68 Å². The molecule has 2 aromatic carbocycles. The van der Waals surface area contributed by atoms with Gasteiger partial charge < -0.3 is 5.32 Å². The van der Waals surface area contributed by atoms with Crippen LogP contribution < -0.4 is 10.0 Å². The van der Waals surface area contributed by atoms with Crippen LogP contribution in [0.3, 0.4) is 0 Å². The SMILES string of the molecule is CC(c1ccccc1F)c1c(F)ccc2c1NC(=NCc1ccn(C)n1)NS2(=O)=O. The van der Waals surface area contributed by atoms with Crippen LogP contribution >= 0.6 is 0 Å². The number of halogens is 2. The predicted molar refractivity (Wildman–Crippen MR) is 109 cm³/mol. The Hall–Kier alpha value is -3.27. The van der Waals surface area contributed by atoms with Crippen molar-refractivity contribution >= 4 is 21.7 Å². The summed E-state index contributed by atoms with van der Waals surface area (Å²) in [5, 5.41) is 7.06. The van der Waals surface area contributed by atoms with E-state index in [9.17, 15) is 17.2 Å². The van der Waals surface area contributed by atoms with E-state index < -0.39 is 27.6 Å². The van der Waals surface area contributed by atoms with Crippen molar-refractivity contribution in [1.82, 2.24) is 14.5 Å². The zero-order chi connectivity index (χ0) is 21.5. The third kappa shape index (κ3) is 3.65. The number of guanidine groups is 1. The molecule has 1 atom stereocenters. The summed E-state index contributed by atoms with van der Waals surface area (Å²) in [5.74, 6) is -1.93. The average molecular weight is 431 g/mol. The molecule has 1 aliphatic heterocycles. The van der Waals surface area contributed by atoms with Gasteiger partial charge in [-0.1, -0.05) is 25.1 Å². The lowest BCUT2D eigenvalue weighted by Crippen LogP contribution is -2.41. The largest absolute Gasteiger partial charge is 0.324 e. The standard InChI is InChI=1S/C20H19F2N5O2S/c1-12(14-5-3-4-6-15(14)21)18-16(22)7-8-17-19(18)24-20(26-30(17,28)29)23-11-13-9-10-27(2)25-13/h3-10,12H,11H2,1-2H3,(H2,23,24,26). The van der Waals surface area contributed by atoms with Crippen molar-refractivity contribution in [3.05, 3.63) is 77.1 Å². The molecule has 0 amide bonds. The number of sulfonamides is 1. The van der Waals surface area contributed by atoms with Gasteiger partial charge in [0.05, 0.1) is 17.9 Å². The smallest absolute Gasteiger partial charge is 0.266 e. The van der Waals surface area contributed by atoms with Gasteiger partial charge >= 0.3 is 0 Å². The Morgan fingerprint density at radius 1 is 1.13 bits per heavy atom. The Labute approximate surface area is 172 Å². The van der Waals surface area contributed by atoms with Gasteiger partial charge in [-0.05, 0) is 29.8 Å². The molecule has 0 saturated carbocycles. The number of aromatic nitrogens is 2. The molecule has 3 aromatic rings. The van der Waals surface area contributed by atoms with E-state index in [2.05, 4.69) is 20.1 Å². The van der Waals surface area contributed by atoms with Crippen molar-refractivity contribution in [2.45, 2.75) is 24.3 Å². The molecule has 0 saturated heterocycles. The van der Waals surface area contributed by atoms with Crippen LogP contribution in [0.1, 0.15) is 29.7 Å². The number of nitrogens with one attached hydrogen (secondary N) is 2. The molecule has 1 unspecified atom stereocenters. The van der Waals surface area contributed by atoms with Crippen LogP contribution in [0.15, 0.2) is 58.5 Å². The fourth-order valence-electron chi connectivity index (χ4n) is 3.44. The number of anilines is 1.